The first-order chi connectivity index (χ1) is 15.7. The molecule has 160 valence electrons. The van der Waals surface area contributed by atoms with Crippen LogP contribution in [0.3, 0.4) is 0 Å². The highest BCUT2D eigenvalue weighted by Gasteiger charge is 2.26. The molecule has 4 aromatic heterocycles. The van der Waals surface area contributed by atoms with E-state index in [2.05, 4.69) is 26.0 Å². The van der Waals surface area contributed by atoms with Crippen molar-refractivity contribution in [3.05, 3.63) is 132 Å². The molecule has 0 fully saturated rings. The first kappa shape index (κ1) is 21.5. The molecular weight excluding hydrogens is 394 g/mol. The molecule has 0 radical (unpaired) electrons. The van der Waals surface area contributed by atoms with Crippen molar-refractivity contribution in [1.29, 1.82) is 0 Å². The summed E-state index contributed by atoms with van der Waals surface area (Å²) in [5.74, 6) is 0. The number of hydrogen-bond acceptors (Lipinski definition) is 5. The van der Waals surface area contributed by atoms with Gasteiger partial charge in [0.1, 0.15) is 0 Å². The molecule has 0 bridgehead atoms. The molecule has 0 amide bonds. The van der Waals surface area contributed by atoms with Crippen molar-refractivity contribution in [3.8, 4) is 0 Å². The zero-order valence-corrected chi connectivity index (χ0v) is 18.0. The SMILES string of the molecule is NC(C=C(Cc1ccccn1)Cc1ccccn1)(Cc1ccccn1)Cc1ccccn1. The van der Waals surface area contributed by atoms with Crippen LogP contribution in [0.25, 0.3) is 0 Å². The van der Waals surface area contributed by atoms with Crippen molar-refractivity contribution >= 4 is 0 Å². The number of pyridine rings is 4. The van der Waals surface area contributed by atoms with Gasteiger partial charge in [-0.25, -0.2) is 0 Å². The molecule has 4 heterocycles. The molecule has 0 aliphatic rings. The Labute approximate surface area is 189 Å². The largest absolute Gasteiger partial charge is 0.321 e. The van der Waals surface area contributed by atoms with E-state index >= 15 is 0 Å². The summed E-state index contributed by atoms with van der Waals surface area (Å²) in [4.78, 5) is 18.1. The minimum Gasteiger partial charge on any atom is -0.321 e. The van der Waals surface area contributed by atoms with E-state index in [4.69, 9.17) is 5.73 Å². The quantitative estimate of drug-likeness (QED) is 0.411. The second-order valence-electron chi connectivity index (χ2n) is 8.03. The van der Waals surface area contributed by atoms with E-state index < -0.39 is 5.54 Å². The normalized spacial score (nSPS) is 11.2. The van der Waals surface area contributed by atoms with Crippen LogP contribution in [-0.4, -0.2) is 25.5 Å². The molecule has 2 N–H and O–H groups in total. The standard InChI is InChI=1S/C27H27N5/c28-27(20-25-11-3-7-15-31-25,21-26-12-4-8-16-32-26)19-22(17-23-9-1-5-13-29-23)18-24-10-2-6-14-30-24/h1-16,19H,17-18,20-21,28H2. The molecule has 0 spiro atoms. The Kier molecular flexibility index (Phi) is 7.10. The lowest BCUT2D eigenvalue weighted by Gasteiger charge is -2.27. The molecule has 4 aromatic rings. The minimum atomic E-state index is -0.651. The Morgan fingerprint density at radius 2 is 0.969 bits per heavy atom. The number of hydrogen-bond donors (Lipinski definition) is 1. The summed E-state index contributed by atoms with van der Waals surface area (Å²) in [6.45, 7) is 0. The number of aromatic nitrogens is 4. The molecule has 32 heavy (non-hydrogen) atoms. The fraction of sp³-hybridized carbons (Fsp3) is 0.185. The predicted octanol–water partition coefficient (Wildman–Crippen LogP) is 4.16. The molecule has 0 unspecified atom stereocenters. The van der Waals surface area contributed by atoms with Gasteiger partial charge in [0.05, 0.1) is 0 Å². The maximum atomic E-state index is 7.07. The van der Waals surface area contributed by atoms with E-state index in [9.17, 15) is 0 Å². The Bertz CT molecular complexity index is 1030. The monoisotopic (exact) mass is 421 g/mol. The van der Waals surface area contributed by atoms with Gasteiger partial charge in [-0.05, 0) is 48.5 Å². The van der Waals surface area contributed by atoms with Crippen molar-refractivity contribution in [2.24, 2.45) is 5.73 Å². The highest BCUT2D eigenvalue weighted by atomic mass is 14.8. The molecule has 4 rings (SSSR count). The summed E-state index contributed by atoms with van der Waals surface area (Å²) in [6.07, 6.45) is 12.1. The Morgan fingerprint density at radius 1 is 0.594 bits per heavy atom. The molecule has 0 saturated heterocycles. The van der Waals surface area contributed by atoms with E-state index in [1.54, 1.807) is 0 Å². The lowest BCUT2D eigenvalue weighted by atomic mass is 9.85. The number of rotatable bonds is 9. The number of nitrogens with two attached hydrogens (primary N) is 1. The van der Waals surface area contributed by atoms with Crippen LogP contribution < -0.4 is 5.73 Å². The molecule has 0 aliphatic carbocycles. The highest BCUT2D eigenvalue weighted by molar-refractivity contribution is 5.28. The summed E-state index contributed by atoms with van der Waals surface area (Å²) in [5.41, 5.74) is 11.5. The van der Waals surface area contributed by atoms with Crippen LogP contribution in [-0.2, 0) is 25.7 Å². The fourth-order valence-corrected chi connectivity index (χ4v) is 3.89. The van der Waals surface area contributed by atoms with E-state index in [1.165, 1.54) is 5.57 Å². The topological polar surface area (TPSA) is 77.6 Å². The third-order valence-corrected chi connectivity index (χ3v) is 5.23. The summed E-state index contributed by atoms with van der Waals surface area (Å²) in [7, 11) is 0. The van der Waals surface area contributed by atoms with Crippen LogP contribution in [0.4, 0.5) is 0 Å². The zero-order chi connectivity index (χ0) is 22.1. The van der Waals surface area contributed by atoms with Crippen LogP contribution >= 0.6 is 0 Å². The maximum Gasteiger partial charge on any atom is 0.0454 e. The van der Waals surface area contributed by atoms with Crippen molar-refractivity contribution in [2.45, 2.75) is 31.2 Å². The zero-order valence-electron chi connectivity index (χ0n) is 18.0. The van der Waals surface area contributed by atoms with Gasteiger partial charge in [-0.2, -0.15) is 0 Å². The molecular formula is C27H27N5. The van der Waals surface area contributed by atoms with Crippen LogP contribution in [0.5, 0.6) is 0 Å². The van der Waals surface area contributed by atoms with Crippen molar-refractivity contribution in [2.75, 3.05) is 0 Å². The lowest BCUT2D eigenvalue weighted by Crippen LogP contribution is -2.43. The first-order valence-corrected chi connectivity index (χ1v) is 10.8. The Morgan fingerprint density at radius 3 is 1.31 bits per heavy atom. The number of nitrogens with zero attached hydrogens (tertiary/aromatic N) is 4. The molecule has 0 saturated carbocycles. The first-order valence-electron chi connectivity index (χ1n) is 10.8. The van der Waals surface area contributed by atoms with E-state index in [0.717, 1.165) is 22.8 Å². The van der Waals surface area contributed by atoms with Crippen molar-refractivity contribution in [3.63, 3.8) is 0 Å². The summed E-state index contributed by atoms with van der Waals surface area (Å²) in [5, 5.41) is 0. The van der Waals surface area contributed by atoms with Crippen LogP contribution in [0.1, 0.15) is 22.8 Å². The van der Waals surface area contributed by atoms with E-state index in [1.807, 2.05) is 97.6 Å². The number of allylic oxidation sites excluding steroid dienone is 1. The molecule has 5 nitrogen and oxygen atoms in total. The fourth-order valence-electron chi connectivity index (χ4n) is 3.89. The Hall–Kier alpha value is -3.70. The summed E-state index contributed by atoms with van der Waals surface area (Å²) >= 11 is 0. The second-order valence-corrected chi connectivity index (χ2v) is 8.03. The van der Waals surface area contributed by atoms with Gasteiger partial charge >= 0.3 is 0 Å². The van der Waals surface area contributed by atoms with Gasteiger partial charge in [-0.3, -0.25) is 19.9 Å². The average molecular weight is 422 g/mol. The second kappa shape index (κ2) is 10.6. The predicted molar refractivity (Wildman–Crippen MR) is 127 cm³/mol. The minimum absolute atomic E-state index is 0.609. The van der Waals surface area contributed by atoms with E-state index in [0.29, 0.717) is 25.7 Å². The van der Waals surface area contributed by atoms with Crippen molar-refractivity contribution in [1.82, 2.24) is 19.9 Å². The van der Waals surface area contributed by atoms with Gasteiger partial charge in [-0.1, -0.05) is 35.9 Å². The third-order valence-electron chi connectivity index (χ3n) is 5.23. The highest BCUT2D eigenvalue weighted by Crippen LogP contribution is 2.22. The van der Waals surface area contributed by atoms with Crippen LogP contribution in [0.2, 0.25) is 0 Å². The lowest BCUT2D eigenvalue weighted by molar-refractivity contribution is 0.504. The summed E-state index contributed by atoms with van der Waals surface area (Å²) in [6, 6.07) is 23.8. The van der Waals surface area contributed by atoms with Gasteiger partial charge < -0.3 is 5.73 Å². The molecule has 5 heteroatoms. The molecule has 0 atom stereocenters. The van der Waals surface area contributed by atoms with Crippen molar-refractivity contribution < 1.29 is 0 Å². The Balaban J connectivity index is 1.70. The molecule has 0 aromatic carbocycles. The average Bonchev–Trinajstić information content (AvgIpc) is 2.81. The van der Waals surface area contributed by atoms with Gasteiger partial charge in [0.25, 0.3) is 0 Å². The van der Waals surface area contributed by atoms with Gasteiger partial charge in [0.15, 0.2) is 0 Å². The molecule has 0 aliphatic heterocycles. The smallest absolute Gasteiger partial charge is 0.0454 e. The maximum absolute atomic E-state index is 7.07. The van der Waals surface area contributed by atoms with Gasteiger partial charge in [0, 0.05) is 78.8 Å². The van der Waals surface area contributed by atoms with Crippen LogP contribution in [0.15, 0.2) is 109 Å². The van der Waals surface area contributed by atoms with E-state index in [-0.39, 0.29) is 0 Å². The summed E-state index contributed by atoms with van der Waals surface area (Å²) < 4.78 is 0. The third kappa shape index (κ3) is 6.40. The van der Waals surface area contributed by atoms with Gasteiger partial charge in [0.2, 0.25) is 0 Å². The van der Waals surface area contributed by atoms with Crippen LogP contribution in [0, 0.1) is 0 Å². The van der Waals surface area contributed by atoms with Gasteiger partial charge in [-0.15, -0.1) is 0 Å².